The maximum atomic E-state index is 12.7. The number of aliphatic imine (C=N–C) groups is 1. The minimum absolute atomic E-state index is 0.0951. The number of guanidine groups is 1. The second-order valence-electron chi connectivity index (χ2n) is 7.20. The van der Waals surface area contributed by atoms with Crippen LogP contribution in [-0.2, 0) is 23.9 Å². The Kier molecular flexibility index (Phi) is 7.71. The molecule has 1 unspecified atom stereocenters. The van der Waals surface area contributed by atoms with Crippen molar-refractivity contribution in [3.05, 3.63) is 46.2 Å². The predicted molar refractivity (Wildman–Crippen MR) is 113 cm³/mol. The molecule has 0 aliphatic carbocycles. The molecule has 1 aliphatic heterocycles. The number of nitro groups is 1. The average Bonchev–Trinajstić information content (AvgIpc) is 2.68. The highest BCUT2D eigenvalue weighted by atomic mass is 16.7. The summed E-state index contributed by atoms with van der Waals surface area (Å²) in [7, 11) is 0. The number of anilines is 1. The molecule has 172 valence electrons. The third kappa shape index (κ3) is 6.97. The normalized spacial score (nSPS) is 15.6. The van der Waals surface area contributed by atoms with Crippen molar-refractivity contribution in [3.63, 3.8) is 0 Å². The highest BCUT2D eigenvalue weighted by molar-refractivity contribution is 6.15. The number of carbonyl (C=O) groups is 3. The average molecular weight is 448 g/mol. The van der Waals surface area contributed by atoms with Crippen LogP contribution in [0.2, 0.25) is 0 Å². The molecule has 0 spiro atoms. The van der Waals surface area contributed by atoms with Crippen LogP contribution in [0.15, 0.2) is 41.0 Å². The zero-order chi connectivity index (χ0) is 23.9. The van der Waals surface area contributed by atoms with Crippen molar-refractivity contribution in [1.29, 1.82) is 0 Å². The Morgan fingerprint density at radius 2 is 1.81 bits per heavy atom. The number of nitrogens with zero attached hydrogens (tertiary/aromatic N) is 2. The first-order valence-electron chi connectivity index (χ1n) is 9.52. The van der Waals surface area contributed by atoms with Gasteiger partial charge in [-0.05, 0) is 25.0 Å². The molecule has 0 saturated carbocycles. The van der Waals surface area contributed by atoms with Crippen molar-refractivity contribution in [2.45, 2.75) is 38.5 Å². The molecule has 1 heterocycles. The second kappa shape index (κ2) is 10.2. The van der Waals surface area contributed by atoms with Crippen LogP contribution in [0.1, 0.15) is 26.7 Å². The van der Waals surface area contributed by atoms with E-state index in [0.717, 1.165) is 6.20 Å². The van der Waals surface area contributed by atoms with Gasteiger partial charge in [-0.25, -0.2) is 9.59 Å². The number of non-ortho nitro benzene ring substituents is 1. The third-order valence-corrected chi connectivity index (χ3v) is 4.15. The highest BCUT2D eigenvalue weighted by Crippen LogP contribution is 2.22. The lowest BCUT2D eigenvalue weighted by atomic mass is 10.1. The van der Waals surface area contributed by atoms with Gasteiger partial charge in [0, 0.05) is 44.4 Å². The Balaban J connectivity index is 2.13. The summed E-state index contributed by atoms with van der Waals surface area (Å²) in [6.45, 7) is 3.08. The molecule has 1 saturated heterocycles. The molecule has 32 heavy (non-hydrogen) atoms. The lowest BCUT2D eigenvalue weighted by Gasteiger charge is -2.30. The van der Waals surface area contributed by atoms with E-state index in [4.69, 9.17) is 20.9 Å². The molecule has 0 radical (unpaired) electrons. The van der Waals surface area contributed by atoms with E-state index in [-0.39, 0.29) is 24.6 Å². The summed E-state index contributed by atoms with van der Waals surface area (Å²) in [5.74, 6) is -3.79. The summed E-state index contributed by atoms with van der Waals surface area (Å²) in [6.07, 6.45) is 1.68. The molecule has 0 bridgehead atoms. The van der Waals surface area contributed by atoms with E-state index in [1.165, 1.54) is 38.1 Å². The summed E-state index contributed by atoms with van der Waals surface area (Å²) >= 11 is 0. The van der Waals surface area contributed by atoms with Gasteiger partial charge < -0.3 is 31.6 Å². The van der Waals surface area contributed by atoms with Crippen molar-refractivity contribution < 1.29 is 28.8 Å². The number of cyclic esters (lactones) is 2. The molecule has 1 aliphatic rings. The van der Waals surface area contributed by atoms with E-state index < -0.39 is 40.2 Å². The van der Waals surface area contributed by atoms with Gasteiger partial charge in [-0.3, -0.25) is 19.9 Å². The van der Waals surface area contributed by atoms with E-state index in [2.05, 4.69) is 15.6 Å². The second-order valence-corrected chi connectivity index (χ2v) is 7.20. The van der Waals surface area contributed by atoms with E-state index in [9.17, 15) is 24.5 Å². The number of nitrogens with one attached hydrogen (secondary N) is 2. The molecule has 0 aromatic heterocycles. The van der Waals surface area contributed by atoms with Crippen molar-refractivity contribution in [2.24, 2.45) is 16.5 Å². The fourth-order valence-electron chi connectivity index (χ4n) is 2.65. The summed E-state index contributed by atoms with van der Waals surface area (Å²) in [4.78, 5) is 51.0. The third-order valence-electron chi connectivity index (χ3n) is 4.15. The Bertz CT molecular complexity index is 929. The SMILES string of the molecule is CC1(C)OC(=O)C(=CNC(CCCN=C(N)N)C(=O)Nc2ccc([N+](=O)[O-])cc2)C(=O)O1. The molecular weight excluding hydrogens is 424 g/mol. The van der Waals surface area contributed by atoms with Crippen LogP contribution < -0.4 is 22.1 Å². The molecule has 6 N–H and O–H groups in total. The van der Waals surface area contributed by atoms with E-state index >= 15 is 0 Å². The number of ether oxygens (including phenoxy) is 2. The van der Waals surface area contributed by atoms with Gasteiger partial charge in [-0.1, -0.05) is 0 Å². The smallest absolute Gasteiger partial charge is 0.350 e. The van der Waals surface area contributed by atoms with Gasteiger partial charge in [0.25, 0.3) is 11.5 Å². The van der Waals surface area contributed by atoms with Gasteiger partial charge in [0.15, 0.2) is 11.5 Å². The number of carbonyl (C=O) groups excluding carboxylic acids is 3. The van der Waals surface area contributed by atoms with Crippen LogP contribution in [0.5, 0.6) is 0 Å². The van der Waals surface area contributed by atoms with Crippen LogP contribution >= 0.6 is 0 Å². The maximum Gasteiger partial charge on any atom is 0.350 e. The Hall–Kier alpha value is -4.16. The Labute approximate surface area is 183 Å². The molecule has 2 rings (SSSR count). The fraction of sp³-hybridized carbons (Fsp3) is 0.368. The molecule has 1 aromatic carbocycles. The Morgan fingerprint density at radius 3 is 2.34 bits per heavy atom. The molecule has 1 fully saturated rings. The minimum Gasteiger partial charge on any atom is -0.419 e. The molecule has 13 nitrogen and oxygen atoms in total. The first kappa shape index (κ1) is 24.1. The van der Waals surface area contributed by atoms with Gasteiger partial charge >= 0.3 is 11.9 Å². The van der Waals surface area contributed by atoms with Crippen LogP contribution in [0, 0.1) is 10.1 Å². The van der Waals surface area contributed by atoms with Crippen molar-refractivity contribution >= 4 is 35.2 Å². The molecule has 1 amide bonds. The summed E-state index contributed by atoms with van der Waals surface area (Å²) in [5.41, 5.74) is 10.4. The summed E-state index contributed by atoms with van der Waals surface area (Å²) in [5, 5.41) is 16.1. The number of nitro benzene ring substituents is 1. The number of rotatable bonds is 9. The Morgan fingerprint density at radius 1 is 1.22 bits per heavy atom. The molecular formula is C19H24N6O7. The molecule has 1 atom stereocenters. The standard InChI is InChI=1S/C19H24N6O7/c1-19(2)31-16(27)13(17(28)32-19)10-23-14(4-3-9-22-18(20)21)15(26)24-11-5-7-12(8-6-11)25(29)30/h5-8,10,14,23H,3-4,9H2,1-2H3,(H,24,26)(H4,20,21,22). The fourth-order valence-corrected chi connectivity index (χ4v) is 2.65. The topological polar surface area (TPSA) is 201 Å². The van der Waals surface area contributed by atoms with Gasteiger partial charge in [-0.2, -0.15) is 0 Å². The van der Waals surface area contributed by atoms with Crippen molar-refractivity contribution in [3.8, 4) is 0 Å². The van der Waals surface area contributed by atoms with Crippen LogP contribution in [-0.4, -0.2) is 47.1 Å². The van der Waals surface area contributed by atoms with E-state index in [0.29, 0.717) is 12.1 Å². The van der Waals surface area contributed by atoms with Crippen LogP contribution in [0.25, 0.3) is 0 Å². The van der Waals surface area contributed by atoms with Gasteiger partial charge in [-0.15, -0.1) is 0 Å². The first-order chi connectivity index (χ1) is 15.0. The van der Waals surface area contributed by atoms with Crippen LogP contribution in [0.3, 0.4) is 0 Å². The number of amides is 1. The zero-order valence-corrected chi connectivity index (χ0v) is 17.5. The maximum absolute atomic E-state index is 12.7. The van der Waals surface area contributed by atoms with E-state index in [1.54, 1.807) is 0 Å². The van der Waals surface area contributed by atoms with Crippen molar-refractivity contribution in [2.75, 3.05) is 11.9 Å². The molecule has 1 aromatic rings. The van der Waals surface area contributed by atoms with Crippen molar-refractivity contribution in [1.82, 2.24) is 5.32 Å². The van der Waals surface area contributed by atoms with E-state index in [1.807, 2.05) is 0 Å². The first-order valence-corrected chi connectivity index (χ1v) is 9.52. The van der Waals surface area contributed by atoms with Gasteiger partial charge in [0.05, 0.1) is 4.92 Å². The summed E-state index contributed by atoms with van der Waals surface area (Å²) < 4.78 is 10.0. The van der Waals surface area contributed by atoms with Crippen LogP contribution in [0.4, 0.5) is 11.4 Å². The summed E-state index contributed by atoms with van der Waals surface area (Å²) in [6, 6.07) is 4.34. The van der Waals surface area contributed by atoms with Gasteiger partial charge in [0.2, 0.25) is 5.91 Å². The predicted octanol–water partition coefficient (Wildman–Crippen LogP) is 0.265. The largest absolute Gasteiger partial charge is 0.419 e. The minimum atomic E-state index is -1.39. The number of nitrogens with two attached hydrogens (primary N) is 2. The quantitative estimate of drug-likeness (QED) is 0.0593. The lowest BCUT2D eigenvalue weighted by molar-refractivity contribution is -0.384. The van der Waals surface area contributed by atoms with Gasteiger partial charge in [0.1, 0.15) is 6.04 Å². The number of benzene rings is 1. The lowest BCUT2D eigenvalue weighted by Crippen LogP contribution is -2.43. The monoisotopic (exact) mass is 448 g/mol. The molecule has 13 heteroatoms. The number of hydrogen-bond donors (Lipinski definition) is 4. The number of esters is 2. The number of hydrogen-bond acceptors (Lipinski definition) is 9. The zero-order valence-electron chi connectivity index (χ0n) is 17.5. The highest BCUT2D eigenvalue weighted by Gasteiger charge is 2.39.